The maximum Gasteiger partial charge on any atom is 0.139 e. The van der Waals surface area contributed by atoms with E-state index in [0.29, 0.717) is 12.2 Å². The van der Waals surface area contributed by atoms with Gasteiger partial charge in [-0.3, -0.25) is 4.79 Å². The number of aromatic nitrogens is 2. The molecular weight excluding hydrogens is 212 g/mol. The molecule has 0 spiro atoms. The Balaban J connectivity index is 2.90. The molecule has 1 heterocycles. The van der Waals surface area contributed by atoms with E-state index in [1.165, 1.54) is 0 Å². The minimum atomic E-state index is -0.0550. The van der Waals surface area contributed by atoms with Crippen molar-refractivity contribution in [2.75, 3.05) is 0 Å². The van der Waals surface area contributed by atoms with Crippen LogP contribution in [-0.2, 0) is 11.2 Å². The van der Waals surface area contributed by atoms with Crippen LogP contribution in [0.4, 0.5) is 0 Å². The number of nitrogens with zero attached hydrogens (tertiary/aromatic N) is 2. The van der Waals surface area contributed by atoms with Crippen molar-refractivity contribution >= 4 is 5.78 Å². The van der Waals surface area contributed by atoms with Crippen LogP contribution in [-0.4, -0.2) is 15.8 Å². The van der Waals surface area contributed by atoms with Crippen LogP contribution < -0.4 is 0 Å². The predicted octanol–water partition coefficient (Wildman–Crippen LogP) is 2.91. The number of hydrogen-bond donors (Lipinski definition) is 0. The van der Waals surface area contributed by atoms with Gasteiger partial charge in [-0.05, 0) is 11.5 Å². The van der Waals surface area contributed by atoms with Gasteiger partial charge in [0.15, 0.2) is 0 Å². The van der Waals surface area contributed by atoms with Crippen LogP contribution in [0.25, 0.3) is 0 Å². The highest BCUT2D eigenvalue weighted by Gasteiger charge is 2.33. The fourth-order valence-electron chi connectivity index (χ4n) is 1.85. The molecule has 0 aliphatic rings. The average molecular weight is 234 g/mol. The molecule has 0 saturated heterocycles. The molecule has 0 aromatic carbocycles. The van der Waals surface area contributed by atoms with E-state index in [-0.39, 0.29) is 17.3 Å². The molecule has 1 unspecified atom stereocenters. The van der Waals surface area contributed by atoms with Gasteiger partial charge in [0, 0.05) is 30.7 Å². The average Bonchev–Trinajstić information content (AvgIpc) is 2.24. The minimum absolute atomic E-state index is 0.0232. The van der Waals surface area contributed by atoms with E-state index in [1.54, 1.807) is 18.5 Å². The van der Waals surface area contributed by atoms with Gasteiger partial charge in [-0.25, -0.2) is 9.97 Å². The van der Waals surface area contributed by atoms with Gasteiger partial charge >= 0.3 is 0 Å². The van der Waals surface area contributed by atoms with E-state index in [0.717, 1.165) is 5.82 Å². The van der Waals surface area contributed by atoms with Gasteiger partial charge in [0.1, 0.15) is 11.6 Å². The minimum Gasteiger partial charge on any atom is -0.299 e. The second-order valence-corrected chi connectivity index (χ2v) is 5.84. The molecule has 0 aliphatic heterocycles. The normalized spacial score (nSPS) is 13.8. The SMILES string of the molecule is CC(C)C(=O)C(Cc1ncccn1)C(C)(C)C. The summed E-state index contributed by atoms with van der Waals surface area (Å²) in [4.78, 5) is 20.7. The van der Waals surface area contributed by atoms with Gasteiger partial charge in [-0.2, -0.15) is 0 Å². The quantitative estimate of drug-likeness (QED) is 0.804. The van der Waals surface area contributed by atoms with Crippen LogP contribution in [0.2, 0.25) is 0 Å². The lowest BCUT2D eigenvalue weighted by Crippen LogP contribution is -2.33. The fraction of sp³-hybridized carbons (Fsp3) is 0.643. The summed E-state index contributed by atoms with van der Waals surface area (Å²) >= 11 is 0. The third-order valence-electron chi connectivity index (χ3n) is 2.96. The van der Waals surface area contributed by atoms with Crippen molar-refractivity contribution in [1.29, 1.82) is 0 Å². The van der Waals surface area contributed by atoms with Crippen molar-refractivity contribution in [3.05, 3.63) is 24.3 Å². The molecule has 0 saturated carbocycles. The Bertz CT molecular complexity index is 366. The van der Waals surface area contributed by atoms with E-state index in [4.69, 9.17) is 0 Å². The maximum atomic E-state index is 12.2. The van der Waals surface area contributed by atoms with Crippen molar-refractivity contribution in [1.82, 2.24) is 9.97 Å². The van der Waals surface area contributed by atoms with Gasteiger partial charge in [0.25, 0.3) is 0 Å². The number of rotatable bonds is 4. The molecule has 3 heteroatoms. The standard InChI is InChI=1S/C14H22N2O/c1-10(2)13(17)11(14(3,4)5)9-12-15-7-6-8-16-12/h6-8,10-11H,9H2,1-5H3. The smallest absolute Gasteiger partial charge is 0.139 e. The summed E-state index contributed by atoms with van der Waals surface area (Å²) in [6.45, 7) is 10.2. The van der Waals surface area contributed by atoms with E-state index < -0.39 is 0 Å². The van der Waals surface area contributed by atoms with Crippen LogP contribution >= 0.6 is 0 Å². The van der Waals surface area contributed by atoms with E-state index in [2.05, 4.69) is 30.7 Å². The molecular formula is C14H22N2O. The molecule has 0 N–H and O–H groups in total. The number of hydrogen-bond acceptors (Lipinski definition) is 3. The lowest BCUT2D eigenvalue weighted by molar-refractivity contribution is -0.129. The highest BCUT2D eigenvalue weighted by atomic mass is 16.1. The summed E-state index contributed by atoms with van der Waals surface area (Å²) in [5, 5.41) is 0. The first-order valence-electron chi connectivity index (χ1n) is 6.12. The molecule has 1 rings (SSSR count). The third kappa shape index (κ3) is 3.91. The van der Waals surface area contributed by atoms with Gasteiger partial charge in [0.05, 0.1) is 0 Å². The molecule has 17 heavy (non-hydrogen) atoms. The molecule has 3 nitrogen and oxygen atoms in total. The highest BCUT2D eigenvalue weighted by Crippen LogP contribution is 2.31. The Morgan fingerprint density at radius 2 is 1.76 bits per heavy atom. The molecule has 0 fully saturated rings. The van der Waals surface area contributed by atoms with Gasteiger partial charge < -0.3 is 0 Å². The Hall–Kier alpha value is -1.25. The van der Waals surface area contributed by atoms with Crippen LogP contribution in [0.5, 0.6) is 0 Å². The summed E-state index contributed by atoms with van der Waals surface area (Å²) < 4.78 is 0. The molecule has 1 aromatic heterocycles. The van der Waals surface area contributed by atoms with Crippen molar-refractivity contribution in [2.24, 2.45) is 17.3 Å². The van der Waals surface area contributed by atoms with E-state index in [1.807, 2.05) is 13.8 Å². The zero-order chi connectivity index (χ0) is 13.1. The Kier molecular flexibility index (Phi) is 4.38. The Labute approximate surface area is 104 Å². The number of ketones is 1. The van der Waals surface area contributed by atoms with E-state index >= 15 is 0 Å². The predicted molar refractivity (Wildman–Crippen MR) is 68.5 cm³/mol. The zero-order valence-electron chi connectivity index (χ0n) is 11.4. The lowest BCUT2D eigenvalue weighted by Gasteiger charge is -2.30. The van der Waals surface area contributed by atoms with Crippen LogP contribution in [0.1, 0.15) is 40.4 Å². The van der Waals surface area contributed by atoms with Crippen molar-refractivity contribution in [3.8, 4) is 0 Å². The summed E-state index contributed by atoms with van der Waals surface area (Å²) in [6, 6.07) is 1.79. The van der Waals surface area contributed by atoms with Crippen molar-refractivity contribution in [3.63, 3.8) is 0 Å². The molecule has 1 aromatic rings. The molecule has 0 amide bonds. The van der Waals surface area contributed by atoms with Gasteiger partial charge in [-0.15, -0.1) is 0 Å². The topological polar surface area (TPSA) is 42.9 Å². The largest absolute Gasteiger partial charge is 0.299 e. The Morgan fingerprint density at radius 3 is 2.18 bits per heavy atom. The zero-order valence-corrected chi connectivity index (χ0v) is 11.4. The molecule has 94 valence electrons. The summed E-state index contributed by atoms with van der Waals surface area (Å²) in [5.74, 6) is 1.08. The first kappa shape index (κ1) is 13.8. The second-order valence-electron chi connectivity index (χ2n) is 5.84. The Morgan fingerprint density at radius 1 is 1.24 bits per heavy atom. The molecule has 0 aliphatic carbocycles. The summed E-state index contributed by atoms with van der Waals surface area (Å²) in [6.07, 6.45) is 4.07. The van der Waals surface area contributed by atoms with Gasteiger partial charge in [-0.1, -0.05) is 34.6 Å². The number of Topliss-reactive ketones (excluding diaryl/α,β-unsaturated/α-hetero) is 1. The monoisotopic (exact) mass is 234 g/mol. The lowest BCUT2D eigenvalue weighted by atomic mass is 9.73. The van der Waals surface area contributed by atoms with Crippen LogP contribution in [0.15, 0.2) is 18.5 Å². The van der Waals surface area contributed by atoms with Crippen LogP contribution in [0.3, 0.4) is 0 Å². The maximum absolute atomic E-state index is 12.2. The summed E-state index contributed by atoms with van der Waals surface area (Å²) in [5.41, 5.74) is -0.0550. The molecule has 1 atom stereocenters. The number of carbonyl (C=O) groups is 1. The first-order chi connectivity index (χ1) is 7.82. The van der Waals surface area contributed by atoms with Crippen molar-refractivity contribution < 1.29 is 4.79 Å². The fourth-order valence-corrected chi connectivity index (χ4v) is 1.85. The first-order valence-corrected chi connectivity index (χ1v) is 6.12. The number of carbonyl (C=O) groups excluding carboxylic acids is 1. The van der Waals surface area contributed by atoms with Crippen molar-refractivity contribution in [2.45, 2.75) is 41.0 Å². The third-order valence-corrected chi connectivity index (χ3v) is 2.96. The van der Waals surface area contributed by atoms with Gasteiger partial charge in [0.2, 0.25) is 0 Å². The highest BCUT2D eigenvalue weighted by molar-refractivity contribution is 5.83. The molecule has 0 radical (unpaired) electrons. The second kappa shape index (κ2) is 5.39. The summed E-state index contributed by atoms with van der Waals surface area (Å²) in [7, 11) is 0. The van der Waals surface area contributed by atoms with Crippen LogP contribution in [0, 0.1) is 17.3 Å². The molecule has 0 bridgehead atoms. The van der Waals surface area contributed by atoms with E-state index in [9.17, 15) is 4.79 Å².